The molecule has 7 nitrogen and oxygen atoms in total. The van der Waals surface area contributed by atoms with Crippen LogP contribution in [-0.2, 0) is 9.57 Å². The van der Waals surface area contributed by atoms with E-state index in [1.807, 2.05) is 0 Å². The largest absolute Gasteiger partial charge is 0.492 e. The van der Waals surface area contributed by atoms with E-state index in [0.29, 0.717) is 6.07 Å². The van der Waals surface area contributed by atoms with Gasteiger partial charge in [-0.15, -0.1) is 0 Å². The van der Waals surface area contributed by atoms with Gasteiger partial charge >= 0.3 is 12.1 Å². The van der Waals surface area contributed by atoms with Gasteiger partial charge in [0.15, 0.2) is 0 Å². The summed E-state index contributed by atoms with van der Waals surface area (Å²) in [5.74, 6) is -1.66. The van der Waals surface area contributed by atoms with E-state index in [-0.39, 0.29) is 18.9 Å². The Balaban J connectivity index is 2.79. The highest BCUT2D eigenvalue weighted by molar-refractivity contribution is 5.90. The second-order valence-electron chi connectivity index (χ2n) is 6.05. The first-order valence-electron chi connectivity index (χ1n) is 7.44. The quantitative estimate of drug-likeness (QED) is 0.755. The van der Waals surface area contributed by atoms with Gasteiger partial charge in [-0.1, -0.05) is 0 Å². The van der Waals surface area contributed by atoms with Gasteiger partial charge in [-0.25, -0.2) is 28.3 Å². The molecule has 1 aromatic rings. The molecule has 0 aliphatic rings. The molecule has 0 fully saturated rings. The van der Waals surface area contributed by atoms with Crippen LogP contribution < -0.4 is 4.74 Å². The van der Waals surface area contributed by atoms with Crippen LogP contribution in [0.2, 0.25) is 0 Å². The lowest BCUT2D eigenvalue weighted by Crippen LogP contribution is -2.48. The summed E-state index contributed by atoms with van der Waals surface area (Å²) in [7, 11) is 2.58. The molecule has 0 atom stereocenters. The molecule has 0 spiro atoms. The second kappa shape index (κ2) is 8.61. The molecule has 9 heteroatoms. The highest BCUT2D eigenvalue weighted by Gasteiger charge is 2.29. The highest BCUT2D eigenvalue weighted by Crippen LogP contribution is 2.16. The summed E-state index contributed by atoms with van der Waals surface area (Å²) < 4.78 is 36.6. The van der Waals surface area contributed by atoms with Gasteiger partial charge in [-0.2, -0.15) is 0 Å². The van der Waals surface area contributed by atoms with Crippen LogP contribution in [0.5, 0.6) is 5.75 Å². The monoisotopic (exact) mass is 360 g/mol. The van der Waals surface area contributed by atoms with Gasteiger partial charge in [-0.3, -0.25) is 4.84 Å². The highest BCUT2D eigenvalue weighted by atomic mass is 19.1. The molecule has 140 valence electrons. The Morgan fingerprint density at radius 3 is 2.16 bits per heavy atom. The third-order valence-electron chi connectivity index (χ3n) is 2.81. The van der Waals surface area contributed by atoms with E-state index < -0.39 is 29.4 Å². The van der Waals surface area contributed by atoms with Gasteiger partial charge in [0.25, 0.3) is 0 Å². The molecule has 25 heavy (non-hydrogen) atoms. The molecule has 3 amide bonds. The molecule has 1 aromatic carbocycles. The molecule has 0 aliphatic carbocycles. The van der Waals surface area contributed by atoms with Crippen molar-refractivity contribution < 1.29 is 32.7 Å². The summed E-state index contributed by atoms with van der Waals surface area (Å²) in [5.41, 5.74) is -0.812. The van der Waals surface area contributed by atoms with E-state index in [1.54, 1.807) is 20.8 Å². The molecule has 0 heterocycles. The zero-order valence-corrected chi connectivity index (χ0v) is 14.8. The van der Waals surface area contributed by atoms with Crippen molar-refractivity contribution in [3.63, 3.8) is 0 Å². The van der Waals surface area contributed by atoms with E-state index in [9.17, 15) is 18.4 Å². The summed E-state index contributed by atoms with van der Waals surface area (Å²) in [5, 5.41) is 0.839. The first-order valence-corrected chi connectivity index (χ1v) is 7.44. The fourth-order valence-corrected chi connectivity index (χ4v) is 1.70. The number of rotatable bonds is 5. The number of hydroxylamine groups is 2. The number of carbonyl (C=O) groups excluding carboxylic acids is 2. The molecule has 1 rings (SSSR count). The molecule has 0 unspecified atom stereocenters. The van der Waals surface area contributed by atoms with Crippen LogP contribution in [0.25, 0.3) is 0 Å². The minimum atomic E-state index is -0.893. The summed E-state index contributed by atoms with van der Waals surface area (Å²) in [6.07, 6.45) is -0.893. The Hall–Kier alpha value is -2.42. The van der Waals surface area contributed by atoms with Crippen LogP contribution in [0.4, 0.5) is 18.4 Å². The fourth-order valence-electron chi connectivity index (χ4n) is 1.70. The van der Waals surface area contributed by atoms with Gasteiger partial charge in [-0.05, 0) is 20.8 Å². The van der Waals surface area contributed by atoms with E-state index in [2.05, 4.69) is 0 Å². The predicted octanol–water partition coefficient (Wildman–Crippen LogP) is 3.19. The van der Waals surface area contributed by atoms with Crippen LogP contribution in [0.1, 0.15) is 20.8 Å². The van der Waals surface area contributed by atoms with Gasteiger partial charge < -0.3 is 9.47 Å². The average molecular weight is 360 g/mol. The summed E-state index contributed by atoms with van der Waals surface area (Å²) >= 11 is 0. The van der Waals surface area contributed by atoms with Crippen molar-refractivity contribution >= 4 is 12.1 Å². The van der Waals surface area contributed by atoms with Gasteiger partial charge in [0.05, 0.1) is 13.7 Å². The van der Waals surface area contributed by atoms with Crippen molar-refractivity contribution in [1.82, 2.24) is 9.96 Å². The van der Waals surface area contributed by atoms with E-state index in [0.717, 1.165) is 22.1 Å². The first kappa shape index (κ1) is 20.6. The van der Waals surface area contributed by atoms with Crippen LogP contribution in [-0.4, -0.2) is 55.0 Å². The minimum absolute atomic E-state index is 0.0609. The Bertz CT molecular complexity index is 599. The zero-order valence-electron chi connectivity index (χ0n) is 14.8. The molecule has 0 saturated heterocycles. The molecular weight excluding hydrogens is 338 g/mol. The van der Waals surface area contributed by atoms with E-state index in [4.69, 9.17) is 14.3 Å². The average Bonchev–Trinajstić information content (AvgIpc) is 2.47. The number of hydrogen-bond donors (Lipinski definition) is 0. The number of nitrogens with zero attached hydrogens (tertiary/aromatic N) is 2. The molecule has 0 N–H and O–H groups in total. The zero-order chi connectivity index (χ0) is 19.2. The predicted molar refractivity (Wildman–Crippen MR) is 85.0 cm³/mol. The van der Waals surface area contributed by atoms with Crippen LogP contribution in [0.15, 0.2) is 18.2 Å². The van der Waals surface area contributed by atoms with E-state index in [1.165, 1.54) is 14.2 Å². The van der Waals surface area contributed by atoms with Crippen molar-refractivity contribution in [1.29, 1.82) is 0 Å². The maximum absolute atomic E-state index is 13.1. The molecular formula is C16H22F2N2O5. The van der Waals surface area contributed by atoms with Crippen molar-refractivity contribution in [2.24, 2.45) is 0 Å². The van der Waals surface area contributed by atoms with Crippen LogP contribution in [0.3, 0.4) is 0 Å². The lowest BCUT2D eigenvalue weighted by Gasteiger charge is -2.28. The fraction of sp³-hybridized carbons (Fsp3) is 0.500. The molecule has 0 bridgehead atoms. The van der Waals surface area contributed by atoms with E-state index >= 15 is 0 Å². The Morgan fingerprint density at radius 2 is 1.68 bits per heavy atom. The topological polar surface area (TPSA) is 68.3 Å². The lowest BCUT2D eigenvalue weighted by molar-refractivity contribution is -0.0772. The number of amides is 3. The third kappa shape index (κ3) is 6.92. The number of ether oxygens (including phenoxy) is 2. The Morgan fingerprint density at radius 1 is 1.12 bits per heavy atom. The van der Waals surface area contributed by atoms with Crippen LogP contribution in [0, 0.1) is 11.6 Å². The maximum Gasteiger partial charge on any atom is 0.418 e. The van der Waals surface area contributed by atoms with Crippen molar-refractivity contribution in [2.45, 2.75) is 26.4 Å². The van der Waals surface area contributed by atoms with Crippen molar-refractivity contribution in [3.8, 4) is 5.75 Å². The number of benzene rings is 1. The lowest BCUT2D eigenvalue weighted by atomic mass is 10.2. The standard InChI is InChI=1S/C16H22F2N2O5/c1-16(2,3)25-15(22)20(14(21)19(4)23-5)6-7-24-13-9-11(17)8-12(18)10-13/h8-10H,6-7H2,1-5H3. The summed E-state index contributed by atoms with van der Waals surface area (Å²) in [6.45, 7) is 4.56. The second-order valence-corrected chi connectivity index (χ2v) is 6.05. The van der Waals surface area contributed by atoms with Crippen molar-refractivity contribution in [2.75, 3.05) is 27.3 Å². The SMILES string of the molecule is CON(C)C(=O)N(CCOc1cc(F)cc(F)c1)C(=O)OC(C)(C)C. The van der Waals surface area contributed by atoms with Crippen molar-refractivity contribution in [3.05, 3.63) is 29.8 Å². The van der Waals surface area contributed by atoms with Crippen LogP contribution >= 0.6 is 0 Å². The molecule has 0 saturated carbocycles. The van der Waals surface area contributed by atoms with Gasteiger partial charge in [0, 0.05) is 25.2 Å². The molecule has 0 aromatic heterocycles. The number of carbonyl (C=O) groups is 2. The number of urea groups is 1. The maximum atomic E-state index is 13.1. The Labute approximate surface area is 145 Å². The molecule has 0 radical (unpaired) electrons. The first-order chi connectivity index (χ1) is 11.5. The molecule has 0 aliphatic heterocycles. The van der Waals surface area contributed by atoms with Gasteiger partial charge in [0.1, 0.15) is 29.6 Å². The summed E-state index contributed by atoms with van der Waals surface area (Å²) in [6, 6.07) is 1.91. The minimum Gasteiger partial charge on any atom is -0.492 e. The number of halogens is 2. The van der Waals surface area contributed by atoms with Gasteiger partial charge in [0.2, 0.25) is 0 Å². The smallest absolute Gasteiger partial charge is 0.418 e. The number of imide groups is 1. The number of hydrogen-bond acceptors (Lipinski definition) is 5. The normalized spacial score (nSPS) is 11.0. The summed E-state index contributed by atoms with van der Waals surface area (Å²) in [4.78, 5) is 29.9. The Kier molecular flexibility index (Phi) is 7.10. The third-order valence-corrected chi connectivity index (χ3v) is 2.81.